The van der Waals surface area contributed by atoms with Gasteiger partial charge >= 0.3 is 0 Å². The Kier molecular flexibility index (Phi) is 4.80. The number of rotatable bonds is 6. The van der Waals surface area contributed by atoms with Gasteiger partial charge in [-0.1, -0.05) is 25.5 Å². The minimum atomic E-state index is -3.66. The van der Waals surface area contributed by atoms with E-state index in [0.29, 0.717) is 11.5 Å². The van der Waals surface area contributed by atoms with Gasteiger partial charge in [0.15, 0.2) is 0 Å². The monoisotopic (exact) mass is 305 g/mol. The standard InChI is InChI=1S/C15H19N3O2S/c1-3-5-12-7-9-13(10-8-12)18-21(19,20)14-6-4-11-17-15(14)16-2/h4,6-11,18H,3,5H2,1-2H3,(H,16,17). The molecule has 0 saturated carbocycles. The van der Waals surface area contributed by atoms with Gasteiger partial charge in [0.25, 0.3) is 10.0 Å². The van der Waals surface area contributed by atoms with Crippen molar-refractivity contribution in [2.24, 2.45) is 0 Å². The molecular formula is C15H19N3O2S. The van der Waals surface area contributed by atoms with E-state index in [2.05, 4.69) is 21.9 Å². The summed E-state index contributed by atoms with van der Waals surface area (Å²) in [5.74, 6) is 0.326. The maximum Gasteiger partial charge on any atom is 0.265 e. The molecule has 1 aromatic carbocycles. The summed E-state index contributed by atoms with van der Waals surface area (Å²) in [6, 6.07) is 10.5. The molecule has 0 unspecified atom stereocenters. The van der Waals surface area contributed by atoms with Gasteiger partial charge < -0.3 is 5.32 Å². The van der Waals surface area contributed by atoms with Gasteiger partial charge in [-0.25, -0.2) is 13.4 Å². The third-order valence-corrected chi connectivity index (χ3v) is 4.45. The molecule has 0 spiro atoms. The Balaban J connectivity index is 2.24. The van der Waals surface area contributed by atoms with Gasteiger partial charge in [-0.2, -0.15) is 0 Å². The smallest absolute Gasteiger partial charge is 0.265 e. The molecule has 6 heteroatoms. The maximum absolute atomic E-state index is 12.4. The first-order valence-corrected chi connectivity index (χ1v) is 8.29. The highest BCUT2D eigenvalue weighted by atomic mass is 32.2. The number of aromatic nitrogens is 1. The molecule has 0 fully saturated rings. The molecule has 0 radical (unpaired) electrons. The van der Waals surface area contributed by atoms with Crippen LogP contribution in [-0.4, -0.2) is 20.4 Å². The van der Waals surface area contributed by atoms with E-state index >= 15 is 0 Å². The van der Waals surface area contributed by atoms with E-state index in [4.69, 9.17) is 0 Å². The number of anilines is 2. The highest BCUT2D eigenvalue weighted by Gasteiger charge is 2.18. The van der Waals surface area contributed by atoms with Crippen LogP contribution < -0.4 is 10.0 Å². The number of hydrogen-bond donors (Lipinski definition) is 2. The van der Waals surface area contributed by atoms with Crippen molar-refractivity contribution in [1.82, 2.24) is 4.98 Å². The number of aryl methyl sites for hydroxylation is 1. The molecule has 0 aliphatic heterocycles. The summed E-state index contributed by atoms with van der Waals surface area (Å²) in [7, 11) is -2.02. The second kappa shape index (κ2) is 6.58. The first-order valence-electron chi connectivity index (χ1n) is 6.81. The van der Waals surface area contributed by atoms with Crippen LogP contribution in [-0.2, 0) is 16.4 Å². The quantitative estimate of drug-likeness (QED) is 0.861. The summed E-state index contributed by atoms with van der Waals surface area (Å²) in [4.78, 5) is 4.14. The van der Waals surface area contributed by atoms with Crippen molar-refractivity contribution < 1.29 is 8.42 Å². The van der Waals surface area contributed by atoms with Gasteiger partial charge in [0.1, 0.15) is 10.7 Å². The van der Waals surface area contributed by atoms with E-state index in [1.807, 2.05) is 12.1 Å². The summed E-state index contributed by atoms with van der Waals surface area (Å²) in [6.07, 6.45) is 3.59. The van der Waals surface area contributed by atoms with Crippen LogP contribution in [0.3, 0.4) is 0 Å². The van der Waals surface area contributed by atoms with Gasteiger partial charge in [-0.15, -0.1) is 0 Å². The van der Waals surface area contributed by atoms with E-state index in [1.54, 1.807) is 31.4 Å². The van der Waals surface area contributed by atoms with Crippen molar-refractivity contribution in [2.75, 3.05) is 17.1 Å². The fraction of sp³-hybridized carbons (Fsp3) is 0.267. The highest BCUT2D eigenvalue weighted by molar-refractivity contribution is 7.92. The van der Waals surface area contributed by atoms with E-state index in [-0.39, 0.29) is 4.90 Å². The zero-order chi connectivity index (χ0) is 15.3. The minimum absolute atomic E-state index is 0.130. The Morgan fingerprint density at radius 1 is 1.14 bits per heavy atom. The van der Waals surface area contributed by atoms with Gasteiger partial charge in [0, 0.05) is 18.9 Å². The van der Waals surface area contributed by atoms with Crippen LogP contribution in [0, 0.1) is 0 Å². The molecule has 1 heterocycles. The lowest BCUT2D eigenvalue weighted by molar-refractivity contribution is 0.601. The molecule has 2 aromatic rings. The summed E-state index contributed by atoms with van der Waals surface area (Å²) < 4.78 is 27.4. The molecule has 5 nitrogen and oxygen atoms in total. The van der Waals surface area contributed by atoms with Crippen molar-refractivity contribution in [3.8, 4) is 0 Å². The lowest BCUT2D eigenvalue weighted by Crippen LogP contribution is -2.15. The minimum Gasteiger partial charge on any atom is -0.372 e. The summed E-state index contributed by atoms with van der Waals surface area (Å²) >= 11 is 0. The molecule has 0 bridgehead atoms. The average Bonchev–Trinajstić information content (AvgIpc) is 2.49. The zero-order valence-corrected chi connectivity index (χ0v) is 12.9. The number of benzene rings is 1. The van der Waals surface area contributed by atoms with Crippen LogP contribution >= 0.6 is 0 Å². The average molecular weight is 305 g/mol. The molecule has 2 rings (SSSR count). The SMILES string of the molecule is CCCc1ccc(NS(=O)(=O)c2cccnc2NC)cc1. The van der Waals surface area contributed by atoms with E-state index in [9.17, 15) is 8.42 Å². The molecule has 21 heavy (non-hydrogen) atoms. The fourth-order valence-electron chi connectivity index (χ4n) is 2.03. The Labute approximate surface area is 125 Å². The summed E-state index contributed by atoms with van der Waals surface area (Å²) in [5, 5.41) is 2.78. The highest BCUT2D eigenvalue weighted by Crippen LogP contribution is 2.21. The lowest BCUT2D eigenvalue weighted by Gasteiger charge is -2.11. The van der Waals surface area contributed by atoms with Crippen molar-refractivity contribution in [1.29, 1.82) is 0 Å². The maximum atomic E-state index is 12.4. The Bertz CT molecular complexity index is 697. The molecule has 0 aliphatic carbocycles. The van der Waals surface area contributed by atoms with Gasteiger partial charge in [-0.05, 0) is 36.2 Å². The number of nitrogens with zero attached hydrogens (tertiary/aromatic N) is 1. The lowest BCUT2D eigenvalue weighted by atomic mass is 10.1. The second-order valence-electron chi connectivity index (χ2n) is 4.65. The fourth-order valence-corrected chi connectivity index (χ4v) is 3.26. The number of sulfonamides is 1. The van der Waals surface area contributed by atoms with Crippen molar-refractivity contribution >= 4 is 21.5 Å². The first kappa shape index (κ1) is 15.3. The van der Waals surface area contributed by atoms with Crippen LogP contribution in [0.5, 0.6) is 0 Å². The topological polar surface area (TPSA) is 71.1 Å². The predicted molar refractivity (Wildman–Crippen MR) is 85.0 cm³/mol. The van der Waals surface area contributed by atoms with Crippen LogP contribution in [0.15, 0.2) is 47.5 Å². The Morgan fingerprint density at radius 2 is 1.86 bits per heavy atom. The Hall–Kier alpha value is -2.08. The van der Waals surface area contributed by atoms with E-state index < -0.39 is 10.0 Å². The molecule has 0 amide bonds. The molecule has 0 atom stereocenters. The zero-order valence-electron chi connectivity index (χ0n) is 12.1. The van der Waals surface area contributed by atoms with Crippen molar-refractivity contribution in [3.05, 3.63) is 48.2 Å². The molecular weight excluding hydrogens is 286 g/mol. The van der Waals surface area contributed by atoms with Crippen LogP contribution in [0.1, 0.15) is 18.9 Å². The van der Waals surface area contributed by atoms with Gasteiger partial charge in [-0.3, -0.25) is 4.72 Å². The normalized spacial score (nSPS) is 11.1. The van der Waals surface area contributed by atoms with E-state index in [1.165, 1.54) is 11.6 Å². The third-order valence-electron chi connectivity index (χ3n) is 3.04. The molecule has 1 aromatic heterocycles. The van der Waals surface area contributed by atoms with Crippen LogP contribution in [0.2, 0.25) is 0 Å². The largest absolute Gasteiger partial charge is 0.372 e. The van der Waals surface area contributed by atoms with Crippen molar-refractivity contribution in [3.63, 3.8) is 0 Å². The molecule has 112 valence electrons. The number of pyridine rings is 1. The van der Waals surface area contributed by atoms with Crippen LogP contribution in [0.25, 0.3) is 0 Å². The van der Waals surface area contributed by atoms with E-state index in [0.717, 1.165) is 12.8 Å². The third kappa shape index (κ3) is 3.72. The molecule has 0 saturated heterocycles. The second-order valence-corrected chi connectivity index (χ2v) is 6.30. The van der Waals surface area contributed by atoms with Gasteiger partial charge in [0.05, 0.1) is 0 Å². The molecule has 0 aliphatic rings. The Morgan fingerprint density at radius 3 is 2.48 bits per heavy atom. The summed E-state index contributed by atoms with van der Waals surface area (Å²) in [5.41, 5.74) is 1.73. The number of nitrogens with one attached hydrogen (secondary N) is 2. The number of hydrogen-bond acceptors (Lipinski definition) is 4. The summed E-state index contributed by atoms with van der Waals surface area (Å²) in [6.45, 7) is 2.11. The van der Waals surface area contributed by atoms with Crippen molar-refractivity contribution in [2.45, 2.75) is 24.7 Å². The predicted octanol–water partition coefficient (Wildman–Crippen LogP) is 2.88. The van der Waals surface area contributed by atoms with Gasteiger partial charge in [0.2, 0.25) is 0 Å². The molecule has 2 N–H and O–H groups in total. The van der Waals surface area contributed by atoms with Crippen LogP contribution in [0.4, 0.5) is 11.5 Å². The first-order chi connectivity index (χ1) is 10.1.